The van der Waals surface area contributed by atoms with E-state index >= 15 is 0 Å². The Hall–Kier alpha value is -2.99. The van der Waals surface area contributed by atoms with Crippen LogP contribution in [0.2, 0.25) is 0 Å². The molecular formula is C25H27N5O2S. The van der Waals surface area contributed by atoms with Crippen molar-refractivity contribution in [2.24, 2.45) is 5.92 Å². The van der Waals surface area contributed by atoms with Crippen molar-refractivity contribution in [2.75, 3.05) is 57.9 Å². The molecule has 2 saturated heterocycles. The van der Waals surface area contributed by atoms with Gasteiger partial charge in [0.15, 0.2) is 0 Å². The monoisotopic (exact) mass is 461 g/mol. The van der Waals surface area contributed by atoms with Crippen LogP contribution >= 0.6 is 11.9 Å². The van der Waals surface area contributed by atoms with Crippen molar-refractivity contribution >= 4 is 34.4 Å². The smallest absolute Gasteiger partial charge is 0.237 e. The van der Waals surface area contributed by atoms with Gasteiger partial charge < -0.3 is 19.5 Å². The van der Waals surface area contributed by atoms with Crippen molar-refractivity contribution in [1.82, 2.24) is 14.2 Å². The number of rotatable bonds is 6. The molecule has 0 spiro atoms. The number of hydrogen-bond donors (Lipinski definition) is 1. The highest BCUT2D eigenvalue weighted by molar-refractivity contribution is 7.97. The number of benzene rings is 2. The molecular weight excluding hydrogens is 434 g/mol. The van der Waals surface area contributed by atoms with Gasteiger partial charge in [0.1, 0.15) is 0 Å². The summed E-state index contributed by atoms with van der Waals surface area (Å²) in [6, 6.07) is 19.2. The normalized spacial score (nSPS) is 16.8. The van der Waals surface area contributed by atoms with E-state index < -0.39 is 0 Å². The molecule has 0 radical (unpaired) electrons. The van der Waals surface area contributed by atoms with Crippen LogP contribution in [0.25, 0.3) is 22.2 Å². The van der Waals surface area contributed by atoms with Crippen molar-refractivity contribution in [3.05, 3.63) is 48.5 Å². The quantitative estimate of drug-likeness (QED) is 0.566. The van der Waals surface area contributed by atoms with Crippen LogP contribution in [0.15, 0.2) is 53.4 Å². The van der Waals surface area contributed by atoms with Gasteiger partial charge in [-0.2, -0.15) is 5.26 Å². The van der Waals surface area contributed by atoms with Crippen molar-refractivity contribution in [1.29, 1.82) is 5.26 Å². The average molecular weight is 462 g/mol. The van der Waals surface area contributed by atoms with Gasteiger partial charge in [-0.1, -0.05) is 18.2 Å². The van der Waals surface area contributed by atoms with Gasteiger partial charge in [0.25, 0.3) is 0 Å². The van der Waals surface area contributed by atoms with E-state index in [-0.39, 0.29) is 11.8 Å². The van der Waals surface area contributed by atoms with Gasteiger partial charge in [0, 0.05) is 58.9 Å². The number of hydrogen-bond acceptors (Lipinski definition) is 6. The van der Waals surface area contributed by atoms with Gasteiger partial charge in [0.2, 0.25) is 5.91 Å². The number of morpholine rings is 1. The number of fused-ring (bicyclic) bond motifs is 1. The van der Waals surface area contributed by atoms with Gasteiger partial charge in [0.05, 0.1) is 31.7 Å². The number of anilines is 1. The van der Waals surface area contributed by atoms with E-state index in [0.717, 1.165) is 40.4 Å². The molecule has 0 unspecified atom stereocenters. The van der Waals surface area contributed by atoms with E-state index in [0.29, 0.717) is 32.8 Å². The first kappa shape index (κ1) is 21.8. The van der Waals surface area contributed by atoms with Gasteiger partial charge in [-0.15, -0.1) is 0 Å². The largest absolute Gasteiger partial charge is 0.378 e. The van der Waals surface area contributed by atoms with Crippen LogP contribution in [-0.4, -0.2) is 73.1 Å². The van der Waals surface area contributed by atoms with Crippen LogP contribution < -0.4 is 4.90 Å². The first-order valence-corrected chi connectivity index (χ1v) is 12.0. The molecule has 8 heteroatoms. The maximum atomic E-state index is 12.6. The molecule has 170 valence electrons. The van der Waals surface area contributed by atoms with Crippen molar-refractivity contribution < 1.29 is 9.53 Å². The summed E-state index contributed by atoms with van der Waals surface area (Å²) in [5, 5.41) is 10.4. The summed E-state index contributed by atoms with van der Waals surface area (Å²) >= 11 is 1.57. The minimum absolute atomic E-state index is 0.0898. The molecule has 1 N–H and O–H groups in total. The topological polar surface area (TPSA) is 75.6 Å². The Morgan fingerprint density at radius 3 is 2.76 bits per heavy atom. The summed E-state index contributed by atoms with van der Waals surface area (Å²) in [5.41, 5.74) is 4.40. The predicted molar refractivity (Wildman–Crippen MR) is 131 cm³/mol. The lowest BCUT2D eigenvalue weighted by molar-refractivity contribution is -0.135. The second-order valence-corrected chi connectivity index (χ2v) is 9.83. The summed E-state index contributed by atoms with van der Waals surface area (Å²) in [5.74, 6) is 0.218. The Kier molecular flexibility index (Phi) is 6.27. The van der Waals surface area contributed by atoms with E-state index in [4.69, 9.17) is 4.74 Å². The lowest BCUT2D eigenvalue weighted by atomic mass is 9.98. The van der Waals surface area contributed by atoms with E-state index in [1.165, 1.54) is 5.39 Å². The molecule has 0 bridgehead atoms. The van der Waals surface area contributed by atoms with Gasteiger partial charge in [-0.25, -0.2) is 4.31 Å². The number of aromatic amines is 1. The second kappa shape index (κ2) is 9.48. The molecule has 0 aliphatic carbocycles. The number of nitrogens with one attached hydrogen (secondary N) is 1. The van der Waals surface area contributed by atoms with E-state index in [2.05, 4.69) is 52.4 Å². The minimum Gasteiger partial charge on any atom is -0.378 e. The van der Waals surface area contributed by atoms with Gasteiger partial charge in [-0.3, -0.25) is 4.79 Å². The third kappa shape index (κ3) is 4.71. The number of carbonyl (C=O) groups is 1. The second-order valence-electron chi connectivity index (χ2n) is 8.55. The lowest BCUT2D eigenvalue weighted by Crippen LogP contribution is -2.46. The number of nitriles is 1. The molecule has 3 aromatic rings. The highest BCUT2D eigenvalue weighted by atomic mass is 32.2. The molecule has 3 heterocycles. The number of amides is 1. The molecule has 1 aromatic heterocycles. The fourth-order valence-electron chi connectivity index (χ4n) is 4.35. The number of aromatic nitrogens is 1. The van der Waals surface area contributed by atoms with Crippen molar-refractivity contribution in [3.8, 4) is 17.3 Å². The molecule has 2 fully saturated rings. The fourth-order valence-corrected chi connectivity index (χ4v) is 5.19. The van der Waals surface area contributed by atoms with Crippen LogP contribution in [0.1, 0.15) is 0 Å². The molecule has 2 aromatic carbocycles. The first-order chi connectivity index (χ1) is 16.1. The van der Waals surface area contributed by atoms with Crippen LogP contribution in [0.4, 0.5) is 5.69 Å². The Balaban J connectivity index is 1.37. The summed E-state index contributed by atoms with van der Waals surface area (Å²) in [6.07, 6.45) is 0. The van der Waals surface area contributed by atoms with Crippen LogP contribution in [-0.2, 0) is 9.53 Å². The maximum absolute atomic E-state index is 12.6. The molecule has 2 aliphatic heterocycles. The first-order valence-electron chi connectivity index (χ1n) is 11.2. The summed E-state index contributed by atoms with van der Waals surface area (Å²) < 4.78 is 7.33. The Labute approximate surface area is 198 Å². The molecule has 1 amide bonds. The summed E-state index contributed by atoms with van der Waals surface area (Å²) in [6.45, 7) is 4.41. The minimum atomic E-state index is 0.0898. The fraction of sp³-hybridized carbons (Fsp3) is 0.360. The Morgan fingerprint density at radius 1 is 1.21 bits per heavy atom. The predicted octanol–water partition coefficient (Wildman–Crippen LogP) is 3.59. The zero-order chi connectivity index (χ0) is 22.8. The Morgan fingerprint density at radius 2 is 2.00 bits per heavy atom. The molecule has 5 rings (SSSR count). The molecule has 2 aliphatic rings. The van der Waals surface area contributed by atoms with E-state index in [1.54, 1.807) is 11.9 Å². The zero-order valence-electron chi connectivity index (χ0n) is 18.7. The SMILES string of the molecule is CN(CC(=O)N1CCOCC1)Sc1ccc(N2CC(C#N)C2)c(-c2cc3ccccc3[nH]2)c1. The standard InChI is InChI=1S/C25H27N5O2S/c1-28(17-25(31)29-8-10-32-11-9-29)33-20-6-7-24(30-15-18(14-26)16-30)21(13-20)23-12-19-4-2-3-5-22(19)27-23/h2-7,12-13,18,27H,8-11,15-17H2,1H3. The average Bonchev–Trinajstić information content (AvgIpc) is 3.24. The molecule has 0 saturated carbocycles. The number of nitrogens with zero attached hydrogens (tertiary/aromatic N) is 4. The zero-order valence-corrected chi connectivity index (χ0v) is 19.5. The van der Waals surface area contributed by atoms with E-state index in [9.17, 15) is 10.1 Å². The third-order valence-corrected chi connectivity index (χ3v) is 7.08. The van der Waals surface area contributed by atoms with Gasteiger partial charge >= 0.3 is 0 Å². The van der Waals surface area contributed by atoms with Crippen LogP contribution in [0.5, 0.6) is 0 Å². The van der Waals surface area contributed by atoms with E-state index in [1.807, 2.05) is 28.4 Å². The van der Waals surface area contributed by atoms with Crippen molar-refractivity contribution in [2.45, 2.75) is 4.90 Å². The number of para-hydroxylation sites is 1. The summed E-state index contributed by atoms with van der Waals surface area (Å²) in [7, 11) is 1.95. The highest BCUT2D eigenvalue weighted by Gasteiger charge is 2.29. The lowest BCUT2D eigenvalue weighted by Gasteiger charge is -2.38. The third-order valence-electron chi connectivity index (χ3n) is 6.18. The molecule has 0 atom stereocenters. The number of carbonyl (C=O) groups excluding carboxylic acids is 1. The molecule has 33 heavy (non-hydrogen) atoms. The van der Waals surface area contributed by atoms with Crippen LogP contribution in [0, 0.1) is 17.2 Å². The highest BCUT2D eigenvalue weighted by Crippen LogP contribution is 2.38. The number of likely N-dealkylation sites (N-methyl/N-ethyl adjacent to an activating group) is 1. The summed E-state index contributed by atoms with van der Waals surface area (Å²) in [4.78, 5) is 21.4. The number of ether oxygens (including phenoxy) is 1. The number of H-pyrrole nitrogens is 1. The maximum Gasteiger partial charge on any atom is 0.237 e. The van der Waals surface area contributed by atoms with Crippen LogP contribution in [0.3, 0.4) is 0 Å². The molecule has 7 nitrogen and oxygen atoms in total. The van der Waals surface area contributed by atoms with Crippen molar-refractivity contribution in [3.63, 3.8) is 0 Å². The van der Waals surface area contributed by atoms with Gasteiger partial charge in [-0.05, 0) is 49.3 Å². The Bertz CT molecular complexity index is 1160.